The number of ketones is 1. The van der Waals surface area contributed by atoms with E-state index in [1.165, 1.54) is 6.92 Å². The number of hydrogen-bond donors (Lipinski definition) is 1. The third-order valence-electron chi connectivity index (χ3n) is 1.64. The lowest BCUT2D eigenvalue weighted by molar-refractivity contribution is -0.385. The highest BCUT2D eigenvalue weighted by Gasteiger charge is 2.18. The number of phenols is 1. The molecule has 0 amide bonds. The van der Waals surface area contributed by atoms with Gasteiger partial charge < -0.3 is 5.11 Å². The summed E-state index contributed by atoms with van der Waals surface area (Å²) in [5.41, 5.74) is -0.504. The van der Waals surface area contributed by atoms with Crippen LogP contribution in [0.1, 0.15) is 17.3 Å². The Balaban J connectivity index is 3.42. The molecule has 0 bridgehead atoms. The third kappa shape index (κ3) is 1.82. The number of nitro groups is 1. The number of halogens is 1. The second kappa shape index (κ2) is 3.63. The topological polar surface area (TPSA) is 80.4 Å². The average Bonchev–Trinajstić information content (AvgIpc) is 2.02. The van der Waals surface area contributed by atoms with Crippen LogP contribution in [0.15, 0.2) is 12.1 Å². The van der Waals surface area contributed by atoms with Crippen LogP contribution in [-0.4, -0.2) is 15.8 Å². The molecule has 0 fully saturated rings. The fraction of sp³-hybridized carbons (Fsp3) is 0.125. The summed E-state index contributed by atoms with van der Waals surface area (Å²) in [5.74, 6) is -0.942. The predicted octanol–water partition coefficient (Wildman–Crippen LogP) is 2.16. The minimum atomic E-state index is -0.780. The van der Waals surface area contributed by atoms with Crippen LogP contribution in [0, 0.1) is 10.1 Å². The van der Waals surface area contributed by atoms with E-state index < -0.39 is 22.1 Å². The molecule has 0 aliphatic rings. The summed E-state index contributed by atoms with van der Waals surface area (Å²) in [4.78, 5) is 20.6. The summed E-state index contributed by atoms with van der Waals surface area (Å²) < 4.78 is 0. The van der Waals surface area contributed by atoms with Crippen molar-refractivity contribution < 1.29 is 14.8 Å². The van der Waals surface area contributed by atoms with Crippen LogP contribution in [0.2, 0.25) is 5.02 Å². The fourth-order valence-corrected chi connectivity index (χ4v) is 1.26. The van der Waals surface area contributed by atoms with Gasteiger partial charge in [0.1, 0.15) is 0 Å². The first-order valence-corrected chi connectivity index (χ1v) is 3.99. The summed E-state index contributed by atoms with van der Waals surface area (Å²) >= 11 is 5.60. The van der Waals surface area contributed by atoms with Crippen LogP contribution in [0.4, 0.5) is 5.69 Å². The molecular formula is C8H6ClNO4. The Morgan fingerprint density at radius 2 is 2.14 bits per heavy atom. The van der Waals surface area contributed by atoms with Crippen molar-refractivity contribution in [2.45, 2.75) is 6.92 Å². The maximum Gasteiger partial charge on any atom is 0.311 e. The first-order chi connectivity index (χ1) is 6.43. The first-order valence-electron chi connectivity index (χ1n) is 3.61. The lowest BCUT2D eigenvalue weighted by Gasteiger charge is -2.01. The van der Waals surface area contributed by atoms with Crippen LogP contribution in [-0.2, 0) is 0 Å². The highest BCUT2D eigenvalue weighted by atomic mass is 35.5. The molecule has 74 valence electrons. The Morgan fingerprint density at radius 1 is 1.57 bits per heavy atom. The van der Waals surface area contributed by atoms with Crippen LogP contribution >= 0.6 is 11.6 Å². The van der Waals surface area contributed by atoms with Gasteiger partial charge in [-0.3, -0.25) is 14.9 Å². The van der Waals surface area contributed by atoms with E-state index in [9.17, 15) is 14.9 Å². The number of phenolic OH excluding ortho intramolecular Hbond substituents is 1. The molecule has 0 heterocycles. The van der Waals surface area contributed by atoms with Crippen LogP contribution in [0.25, 0.3) is 0 Å². The number of rotatable bonds is 2. The largest absolute Gasteiger partial charge is 0.502 e. The van der Waals surface area contributed by atoms with E-state index in [-0.39, 0.29) is 10.6 Å². The van der Waals surface area contributed by atoms with E-state index in [1.54, 1.807) is 0 Å². The average molecular weight is 216 g/mol. The molecule has 1 aromatic rings. The monoisotopic (exact) mass is 215 g/mol. The van der Waals surface area contributed by atoms with Gasteiger partial charge in [0.25, 0.3) is 0 Å². The number of Topliss-reactive ketones (excluding diaryl/α,β-unsaturated/α-hetero) is 1. The van der Waals surface area contributed by atoms with Crippen molar-refractivity contribution in [3.63, 3.8) is 0 Å². The van der Waals surface area contributed by atoms with Gasteiger partial charge in [-0.25, -0.2) is 0 Å². The molecule has 0 aliphatic carbocycles. The Bertz CT molecular complexity index is 381. The molecule has 0 saturated carbocycles. The van der Waals surface area contributed by atoms with Gasteiger partial charge >= 0.3 is 5.69 Å². The molecular weight excluding hydrogens is 210 g/mol. The molecule has 5 nitrogen and oxygen atoms in total. The van der Waals surface area contributed by atoms with E-state index in [1.807, 2.05) is 0 Å². The van der Waals surface area contributed by atoms with Crippen LogP contribution in [0.5, 0.6) is 5.75 Å². The van der Waals surface area contributed by atoms with Crippen molar-refractivity contribution in [1.82, 2.24) is 0 Å². The van der Waals surface area contributed by atoms with Crippen molar-refractivity contribution in [2.24, 2.45) is 0 Å². The standard InChI is InChI=1S/C8H6ClNO4/c1-4(11)5-2-7(10(13)14)8(12)3-6(5)9/h2-3,12H,1H3. The highest BCUT2D eigenvalue weighted by Crippen LogP contribution is 2.31. The predicted molar refractivity (Wildman–Crippen MR) is 49.8 cm³/mol. The molecule has 1 aromatic carbocycles. The molecule has 0 spiro atoms. The molecule has 0 aromatic heterocycles. The van der Waals surface area contributed by atoms with Gasteiger partial charge in [-0.15, -0.1) is 0 Å². The number of carbonyl (C=O) groups excluding carboxylic acids is 1. The van der Waals surface area contributed by atoms with E-state index in [2.05, 4.69) is 0 Å². The zero-order valence-electron chi connectivity index (χ0n) is 7.15. The van der Waals surface area contributed by atoms with Crippen molar-refractivity contribution in [3.05, 3.63) is 32.8 Å². The molecule has 1 N–H and O–H groups in total. The van der Waals surface area contributed by atoms with E-state index in [4.69, 9.17) is 16.7 Å². The van der Waals surface area contributed by atoms with Gasteiger partial charge in [-0.05, 0) is 6.92 Å². The molecule has 0 atom stereocenters. The Hall–Kier alpha value is -1.62. The van der Waals surface area contributed by atoms with Crippen molar-refractivity contribution in [3.8, 4) is 5.75 Å². The summed E-state index contributed by atoms with van der Waals surface area (Å²) in [6, 6.07) is 1.94. The van der Waals surface area contributed by atoms with Gasteiger partial charge in [0, 0.05) is 17.7 Å². The molecule has 6 heteroatoms. The lowest BCUT2D eigenvalue weighted by Crippen LogP contribution is -1.96. The Morgan fingerprint density at radius 3 is 2.57 bits per heavy atom. The van der Waals surface area contributed by atoms with Gasteiger partial charge in [0.05, 0.1) is 9.95 Å². The second-order valence-electron chi connectivity index (χ2n) is 2.63. The summed E-state index contributed by atoms with van der Waals surface area (Å²) in [5, 5.41) is 19.5. The Labute approximate surface area is 84.1 Å². The second-order valence-corrected chi connectivity index (χ2v) is 3.04. The van der Waals surface area contributed by atoms with E-state index in [0.717, 1.165) is 12.1 Å². The molecule has 0 saturated heterocycles. The fourth-order valence-electron chi connectivity index (χ4n) is 0.967. The number of hydrogen-bond acceptors (Lipinski definition) is 4. The van der Waals surface area contributed by atoms with Crippen LogP contribution in [0.3, 0.4) is 0 Å². The zero-order chi connectivity index (χ0) is 10.9. The highest BCUT2D eigenvalue weighted by molar-refractivity contribution is 6.34. The van der Waals surface area contributed by atoms with Crippen molar-refractivity contribution in [1.29, 1.82) is 0 Å². The number of nitro benzene ring substituents is 1. The lowest BCUT2D eigenvalue weighted by atomic mass is 10.1. The number of nitrogens with zero attached hydrogens (tertiary/aromatic N) is 1. The minimum Gasteiger partial charge on any atom is -0.502 e. The summed E-state index contributed by atoms with van der Waals surface area (Å²) in [6.07, 6.45) is 0. The third-order valence-corrected chi connectivity index (χ3v) is 1.95. The number of carbonyl (C=O) groups is 1. The van der Waals surface area contributed by atoms with Crippen molar-refractivity contribution in [2.75, 3.05) is 0 Å². The van der Waals surface area contributed by atoms with E-state index in [0.29, 0.717) is 0 Å². The normalized spacial score (nSPS) is 9.86. The van der Waals surface area contributed by atoms with Crippen molar-refractivity contribution >= 4 is 23.1 Å². The van der Waals surface area contributed by atoms with Gasteiger partial charge in [0.15, 0.2) is 11.5 Å². The maximum atomic E-state index is 11.0. The number of aromatic hydroxyl groups is 1. The maximum absolute atomic E-state index is 11.0. The minimum absolute atomic E-state index is 0.000556. The number of benzene rings is 1. The molecule has 0 radical (unpaired) electrons. The quantitative estimate of drug-likeness (QED) is 0.466. The molecule has 1 rings (SSSR count). The molecule has 0 aliphatic heterocycles. The SMILES string of the molecule is CC(=O)c1cc([N+](=O)[O-])c(O)cc1Cl. The zero-order valence-corrected chi connectivity index (χ0v) is 7.91. The van der Waals surface area contributed by atoms with Gasteiger partial charge in [-0.1, -0.05) is 11.6 Å². The Kier molecular flexibility index (Phi) is 2.71. The summed E-state index contributed by atoms with van der Waals surface area (Å²) in [7, 11) is 0. The smallest absolute Gasteiger partial charge is 0.311 e. The first kappa shape index (κ1) is 10.5. The van der Waals surface area contributed by atoms with Crippen LogP contribution < -0.4 is 0 Å². The van der Waals surface area contributed by atoms with E-state index >= 15 is 0 Å². The molecule has 14 heavy (non-hydrogen) atoms. The molecule has 0 unspecified atom stereocenters. The van der Waals surface area contributed by atoms with Gasteiger partial charge in [-0.2, -0.15) is 0 Å². The van der Waals surface area contributed by atoms with Gasteiger partial charge in [0.2, 0.25) is 0 Å². The summed E-state index contributed by atoms with van der Waals surface area (Å²) in [6.45, 7) is 1.24.